The van der Waals surface area contributed by atoms with Gasteiger partial charge in [0.1, 0.15) is 0 Å². The number of hydrogen-bond acceptors (Lipinski definition) is 7. The molecule has 0 aromatic rings. The molecule has 0 saturated carbocycles. The molecule has 12 heteroatoms. The van der Waals surface area contributed by atoms with E-state index in [-0.39, 0.29) is 37.1 Å². The van der Waals surface area contributed by atoms with Gasteiger partial charge in [-0.05, 0) is 18.8 Å². The molecule has 32 heavy (non-hydrogen) atoms. The van der Waals surface area contributed by atoms with Gasteiger partial charge in [-0.2, -0.15) is 0 Å². The van der Waals surface area contributed by atoms with Gasteiger partial charge in [-0.25, -0.2) is 13.2 Å². The zero-order valence-electron chi connectivity index (χ0n) is 18.7. The van der Waals surface area contributed by atoms with Gasteiger partial charge in [-0.15, -0.1) is 0 Å². The summed E-state index contributed by atoms with van der Waals surface area (Å²) in [6, 6.07) is -0.722. The number of carbonyl (C=O) groups is 3. The van der Waals surface area contributed by atoms with E-state index in [1.54, 1.807) is 18.7 Å². The molecule has 2 saturated heterocycles. The van der Waals surface area contributed by atoms with Crippen LogP contribution in [0.5, 0.6) is 0 Å². The number of sulfone groups is 1. The van der Waals surface area contributed by atoms with Crippen LogP contribution >= 0.6 is 0 Å². The number of rotatable bonds is 8. The number of aliphatic hydroxyl groups is 1. The first-order valence-electron chi connectivity index (χ1n) is 11.0. The Kier molecular flexibility index (Phi) is 9.71. The van der Waals surface area contributed by atoms with Gasteiger partial charge in [0.2, 0.25) is 11.8 Å². The lowest BCUT2D eigenvalue weighted by Crippen LogP contribution is -2.50. The van der Waals surface area contributed by atoms with Gasteiger partial charge in [-0.1, -0.05) is 13.8 Å². The van der Waals surface area contributed by atoms with Crippen molar-refractivity contribution in [2.75, 3.05) is 50.9 Å². The number of carbonyl (C=O) groups excluding carboxylic acids is 2. The van der Waals surface area contributed by atoms with Crippen LogP contribution in [0.25, 0.3) is 0 Å². The zero-order chi connectivity index (χ0) is 23.9. The van der Waals surface area contributed by atoms with Crippen LogP contribution in [0, 0.1) is 11.8 Å². The van der Waals surface area contributed by atoms with Gasteiger partial charge in [0.25, 0.3) is 0 Å². The maximum Gasteiger partial charge on any atom is 0.407 e. The molecule has 2 fully saturated rings. The molecule has 0 bridgehead atoms. The highest BCUT2D eigenvalue weighted by molar-refractivity contribution is 7.91. The van der Waals surface area contributed by atoms with Gasteiger partial charge >= 0.3 is 6.09 Å². The molecule has 0 spiro atoms. The summed E-state index contributed by atoms with van der Waals surface area (Å²) in [5, 5.41) is 22.3. The number of morpholine rings is 1. The molecule has 3 N–H and O–H groups in total. The number of hydrogen-bond donors (Lipinski definition) is 3. The third-order valence-corrected chi connectivity index (χ3v) is 7.70. The van der Waals surface area contributed by atoms with Crippen molar-refractivity contribution in [3.63, 3.8) is 0 Å². The molecule has 2 heterocycles. The van der Waals surface area contributed by atoms with Gasteiger partial charge in [0.05, 0.1) is 49.3 Å². The number of likely N-dealkylation sites (tertiary alicyclic amines) is 1. The summed E-state index contributed by atoms with van der Waals surface area (Å²) in [6.07, 6.45) is -1.74. The molecular weight excluding hydrogens is 442 g/mol. The summed E-state index contributed by atoms with van der Waals surface area (Å²) in [5.41, 5.74) is 0. The quantitative estimate of drug-likeness (QED) is 0.424. The van der Waals surface area contributed by atoms with Crippen LogP contribution < -0.4 is 5.32 Å². The fourth-order valence-electron chi connectivity index (χ4n) is 4.04. The lowest BCUT2D eigenvalue weighted by atomic mass is 10.0. The molecule has 3 atom stereocenters. The molecular formula is C20H35N3O8S. The average Bonchev–Trinajstić information content (AvgIpc) is 2.88. The van der Waals surface area contributed by atoms with E-state index in [0.717, 1.165) is 4.90 Å². The van der Waals surface area contributed by atoms with Crippen LogP contribution in [0.3, 0.4) is 0 Å². The average molecular weight is 478 g/mol. The highest BCUT2D eigenvalue weighted by Gasteiger charge is 2.34. The Bertz CT molecular complexity index is 767. The molecule has 0 aliphatic carbocycles. The molecule has 11 nitrogen and oxygen atoms in total. The summed E-state index contributed by atoms with van der Waals surface area (Å²) < 4.78 is 30.4. The topological polar surface area (TPSA) is 154 Å². The van der Waals surface area contributed by atoms with E-state index in [9.17, 15) is 27.9 Å². The van der Waals surface area contributed by atoms with E-state index in [1.165, 1.54) is 0 Å². The minimum absolute atomic E-state index is 0.0951. The fraction of sp³-hybridized carbons (Fsp3) is 0.850. The monoisotopic (exact) mass is 477 g/mol. The third kappa shape index (κ3) is 8.21. The van der Waals surface area contributed by atoms with E-state index in [4.69, 9.17) is 9.84 Å². The highest BCUT2D eigenvalue weighted by atomic mass is 32.2. The molecule has 184 valence electrons. The number of amides is 3. The van der Waals surface area contributed by atoms with Gasteiger partial charge < -0.3 is 30.1 Å². The number of aliphatic hydroxyl groups excluding tert-OH is 1. The summed E-state index contributed by atoms with van der Waals surface area (Å²) in [6.45, 7) is 5.18. The Morgan fingerprint density at radius 1 is 1.09 bits per heavy atom. The van der Waals surface area contributed by atoms with Crippen LogP contribution in [0.2, 0.25) is 0 Å². The number of carboxylic acid groups (broad SMARTS) is 1. The standard InChI is InChI=1S/C20H35N3O8S/c1-14(2)12-32(29,30)13-15(10-18(25)22-6-8-31-9-7-22)19(26)21-16-4-3-5-23(20(27)28)11-17(16)24/h14-17,24H,3-13H2,1-2H3,(H,21,26)(H,27,28). The van der Waals surface area contributed by atoms with Crippen LogP contribution in [0.15, 0.2) is 0 Å². The Hall–Kier alpha value is -1.92. The minimum atomic E-state index is -3.59. The van der Waals surface area contributed by atoms with Crippen LogP contribution in [0.4, 0.5) is 4.79 Å². The van der Waals surface area contributed by atoms with E-state index < -0.39 is 45.7 Å². The van der Waals surface area contributed by atoms with Gasteiger partial charge in [0.15, 0.2) is 9.84 Å². The Labute approximate surface area is 189 Å². The second-order valence-electron chi connectivity index (χ2n) is 8.92. The fourth-order valence-corrected chi connectivity index (χ4v) is 6.08. The Balaban J connectivity index is 2.11. The first-order chi connectivity index (χ1) is 15.0. The number of ether oxygens (including phenoxy) is 1. The summed E-state index contributed by atoms with van der Waals surface area (Å²) in [5.74, 6) is -2.71. The molecule has 2 aliphatic rings. The lowest BCUT2D eigenvalue weighted by Gasteiger charge is -2.29. The van der Waals surface area contributed by atoms with Crippen molar-refractivity contribution in [1.82, 2.24) is 15.1 Å². The third-order valence-electron chi connectivity index (χ3n) is 5.61. The predicted molar refractivity (Wildman–Crippen MR) is 116 cm³/mol. The first-order valence-corrected chi connectivity index (χ1v) is 12.8. The maximum atomic E-state index is 13.1. The zero-order valence-corrected chi connectivity index (χ0v) is 19.6. The molecule has 3 unspecified atom stereocenters. The van der Waals surface area contributed by atoms with Gasteiger partial charge in [-0.3, -0.25) is 9.59 Å². The minimum Gasteiger partial charge on any atom is -0.465 e. The number of β-amino-alcohol motifs (C(OH)–C–C–N with tert-alkyl or cyclic N) is 1. The van der Waals surface area contributed by atoms with Crippen molar-refractivity contribution in [2.24, 2.45) is 11.8 Å². The van der Waals surface area contributed by atoms with E-state index in [0.29, 0.717) is 39.1 Å². The van der Waals surface area contributed by atoms with E-state index in [2.05, 4.69) is 5.32 Å². The molecule has 0 radical (unpaired) electrons. The Morgan fingerprint density at radius 2 is 1.75 bits per heavy atom. The van der Waals surface area contributed by atoms with Crippen molar-refractivity contribution < 1.29 is 37.8 Å². The maximum absolute atomic E-state index is 13.1. The smallest absolute Gasteiger partial charge is 0.407 e. The van der Waals surface area contributed by atoms with Crippen LogP contribution in [-0.4, -0.2) is 109 Å². The van der Waals surface area contributed by atoms with E-state index >= 15 is 0 Å². The largest absolute Gasteiger partial charge is 0.465 e. The van der Waals surface area contributed by atoms with Crippen molar-refractivity contribution in [1.29, 1.82) is 0 Å². The molecule has 3 amide bonds. The summed E-state index contributed by atoms with van der Waals surface area (Å²) >= 11 is 0. The van der Waals surface area contributed by atoms with Crippen LogP contribution in [0.1, 0.15) is 33.1 Å². The normalized spacial score (nSPS) is 23.5. The SMILES string of the molecule is CC(C)CS(=O)(=O)CC(CC(=O)N1CCOCC1)C(=O)NC1CCCN(C(=O)O)CC1O. The molecule has 2 rings (SSSR count). The molecule has 2 aliphatic heterocycles. The van der Waals surface area contributed by atoms with Crippen LogP contribution in [-0.2, 0) is 24.2 Å². The van der Waals surface area contributed by atoms with Gasteiger partial charge in [0, 0.05) is 26.1 Å². The summed E-state index contributed by atoms with van der Waals surface area (Å²) in [4.78, 5) is 39.6. The highest BCUT2D eigenvalue weighted by Crippen LogP contribution is 2.17. The molecule has 0 aromatic heterocycles. The van der Waals surface area contributed by atoms with Crippen molar-refractivity contribution in [3.8, 4) is 0 Å². The second kappa shape index (κ2) is 11.8. The van der Waals surface area contributed by atoms with Crippen molar-refractivity contribution >= 4 is 27.7 Å². The van der Waals surface area contributed by atoms with Crippen molar-refractivity contribution in [2.45, 2.75) is 45.3 Å². The lowest BCUT2D eigenvalue weighted by molar-refractivity contribution is -0.139. The second-order valence-corrected chi connectivity index (χ2v) is 11.1. The predicted octanol–water partition coefficient (Wildman–Crippen LogP) is -0.458. The van der Waals surface area contributed by atoms with E-state index in [1.807, 2.05) is 0 Å². The first kappa shape index (κ1) is 26.3. The number of nitrogens with zero attached hydrogens (tertiary/aromatic N) is 2. The summed E-state index contributed by atoms with van der Waals surface area (Å²) in [7, 11) is -3.59. The number of nitrogens with one attached hydrogen (secondary N) is 1. The van der Waals surface area contributed by atoms with Crippen molar-refractivity contribution in [3.05, 3.63) is 0 Å². The Morgan fingerprint density at radius 3 is 2.34 bits per heavy atom. The molecule has 0 aromatic carbocycles.